The molecule has 1 saturated heterocycles. The zero-order valence-electron chi connectivity index (χ0n) is 10.0. The molecular weight excluding hydrogens is 361 g/mol. The molecule has 6 N–H and O–H groups in total. The van der Waals surface area contributed by atoms with Gasteiger partial charge in [0.15, 0.2) is 6.29 Å². The fourth-order valence-corrected chi connectivity index (χ4v) is 4.58. The van der Waals surface area contributed by atoms with Crippen LogP contribution in [-0.2, 0) is 31.6 Å². The molecule has 0 aromatic carbocycles. The zero-order chi connectivity index (χ0) is 16.5. The van der Waals surface area contributed by atoms with E-state index in [2.05, 4.69) is 13.1 Å². The van der Waals surface area contributed by atoms with E-state index < -0.39 is 55.0 Å². The third kappa shape index (κ3) is 6.93. The fourth-order valence-electron chi connectivity index (χ4n) is 1.38. The van der Waals surface area contributed by atoms with Gasteiger partial charge in [0.2, 0.25) is 0 Å². The van der Waals surface area contributed by atoms with E-state index in [-0.39, 0.29) is 0 Å². The Morgan fingerprint density at radius 1 is 1.05 bits per heavy atom. The van der Waals surface area contributed by atoms with Crippen molar-refractivity contribution in [2.24, 2.45) is 0 Å². The van der Waals surface area contributed by atoms with E-state index in [4.69, 9.17) is 29.4 Å². The van der Waals surface area contributed by atoms with Gasteiger partial charge in [-0.1, -0.05) is 0 Å². The summed E-state index contributed by atoms with van der Waals surface area (Å²) in [6.07, 6.45) is -4.46. The highest BCUT2D eigenvalue weighted by molar-refractivity contribution is 7.66. The summed E-state index contributed by atoms with van der Waals surface area (Å²) >= 11 is 0. The van der Waals surface area contributed by atoms with Gasteiger partial charge in [-0.05, 0) is 0 Å². The Balaban J connectivity index is 2.86. The third-order valence-corrected chi connectivity index (χ3v) is 5.82. The van der Waals surface area contributed by atoms with Crippen molar-refractivity contribution in [1.29, 1.82) is 0 Å². The molecule has 0 saturated carbocycles. The number of phosphoric acid groups is 3. The second-order valence-corrected chi connectivity index (χ2v) is 8.16. The third-order valence-electron chi connectivity index (χ3n) is 2.03. The van der Waals surface area contributed by atoms with E-state index >= 15 is 0 Å². The first kappa shape index (κ1) is 19.3. The molecule has 126 valence electrons. The molecule has 0 aliphatic carbocycles. The van der Waals surface area contributed by atoms with Crippen molar-refractivity contribution in [1.82, 2.24) is 0 Å². The summed E-state index contributed by atoms with van der Waals surface area (Å²) in [4.78, 5) is 34.2. The maximum atomic E-state index is 11.8. The van der Waals surface area contributed by atoms with E-state index in [0.29, 0.717) is 0 Å². The van der Waals surface area contributed by atoms with Crippen LogP contribution >= 0.6 is 23.5 Å². The molecule has 0 aromatic rings. The molecule has 21 heavy (non-hydrogen) atoms. The number of hydrogen-bond acceptors (Lipinski definition) is 9. The Kier molecular flexibility index (Phi) is 6.27. The van der Waals surface area contributed by atoms with Gasteiger partial charge in [-0.25, -0.2) is 13.7 Å². The molecule has 1 aliphatic rings. The summed E-state index contributed by atoms with van der Waals surface area (Å²) < 4.78 is 49.6. The molecule has 0 bridgehead atoms. The Morgan fingerprint density at radius 2 is 1.52 bits per heavy atom. The average molecular weight is 374 g/mol. The highest BCUT2D eigenvalue weighted by Crippen LogP contribution is 2.68. The number of rotatable bonds is 7. The largest absolute Gasteiger partial charge is 0.494 e. The zero-order valence-corrected chi connectivity index (χ0v) is 12.7. The van der Waals surface area contributed by atoms with Crippen LogP contribution in [0.1, 0.15) is 6.42 Å². The quantitative estimate of drug-likeness (QED) is 0.289. The lowest BCUT2D eigenvalue weighted by Gasteiger charge is -2.21. The summed E-state index contributed by atoms with van der Waals surface area (Å²) in [5.74, 6) is 0. The van der Waals surface area contributed by atoms with Gasteiger partial charge in [0.05, 0.1) is 12.7 Å². The predicted molar refractivity (Wildman–Crippen MR) is 61.3 cm³/mol. The van der Waals surface area contributed by atoms with Crippen LogP contribution in [0.2, 0.25) is 0 Å². The number of aliphatic hydroxyl groups excluding tert-OH is 2. The predicted octanol–water partition coefficient (Wildman–Crippen LogP) is -1.20. The summed E-state index contributed by atoms with van der Waals surface area (Å²) in [5, 5.41) is 18.2. The highest BCUT2D eigenvalue weighted by atomic mass is 31.3. The fraction of sp³-hybridized carbons (Fsp3) is 1.00. The minimum Gasteiger partial charge on any atom is -0.394 e. The molecule has 0 amide bonds. The molecule has 1 rings (SSSR count). The van der Waals surface area contributed by atoms with Gasteiger partial charge in [-0.15, -0.1) is 0 Å². The smallest absolute Gasteiger partial charge is 0.394 e. The van der Waals surface area contributed by atoms with Crippen LogP contribution < -0.4 is 0 Å². The number of ether oxygens (including phenoxy) is 1. The molecular formula is C5H13O13P3. The first-order valence-electron chi connectivity index (χ1n) is 5.10. The van der Waals surface area contributed by atoms with Gasteiger partial charge in [0, 0.05) is 6.42 Å². The maximum absolute atomic E-state index is 11.8. The van der Waals surface area contributed by atoms with Crippen LogP contribution in [0.4, 0.5) is 0 Å². The second-order valence-electron chi connectivity index (χ2n) is 3.79. The Morgan fingerprint density at radius 3 is 1.86 bits per heavy atom. The lowest BCUT2D eigenvalue weighted by molar-refractivity contribution is -0.101. The van der Waals surface area contributed by atoms with Gasteiger partial charge in [0.25, 0.3) is 0 Å². The van der Waals surface area contributed by atoms with Crippen LogP contribution in [0, 0.1) is 0 Å². The maximum Gasteiger partial charge on any atom is 0.494 e. The van der Waals surface area contributed by atoms with Crippen molar-refractivity contribution >= 4 is 23.5 Å². The van der Waals surface area contributed by atoms with Crippen molar-refractivity contribution in [3.8, 4) is 0 Å². The van der Waals surface area contributed by atoms with Crippen molar-refractivity contribution in [2.45, 2.75) is 24.9 Å². The van der Waals surface area contributed by atoms with Gasteiger partial charge in [-0.3, -0.25) is 4.52 Å². The van der Waals surface area contributed by atoms with E-state index in [9.17, 15) is 18.8 Å². The van der Waals surface area contributed by atoms with Gasteiger partial charge in [0.1, 0.15) is 6.10 Å². The van der Waals surface area contributed by atoms with Crippen LogP contribution in [0.15, 0.2) is 0 Å². The summed E-state index contributed by atoms with van der Waals surface area (Å²) in [6, 6.07) is 0. The Labute approximate surface area is 117 Å². The van der Waals surface area contributed by atoms with Gasteiger partial charge in [-0.2, -0.15) is 8.62 Å². The molecule has 1 fully saturated rings. The summed E-state index contributed by atoms with van der Waals surface area (Å²) in [5.41, 5.74) is 0. The molecule has 1 unspecified atom stereocenters. The molecule has 0 aromatic heterocycles. The standard InChI is InChI=1S/C5H13O13P3/c6-2-4-3(7)1-5(15-4)16-21(14,17-19(8,9)10)18-20(11,12)13/h3-7H,1-2H2,(H2,8,9,10)(H2,11,12,13)/t3-,4+,5?/m0/s1. The molecule has 0 spiro atoms. The Bertz CT molecular complexity index is 464. The van der Waals surface area contributed by atoms with Crippen LogP contribution in [0.25, 0.3) is 0 Å². The number of hydrogen-bond donors (Lipinski definition) is 6. The first-order chi connectivity index (χ1) is 9.34. The van der Waals surface area contributed by atoms with Crippen molar-refractivity contribution < 1.29 is 61.4 Å². The lowest BCUT2D eigenvalue weighted by Crippen LogP contribution is -2.24. The van der Waals surface area contributed by atoms with Gasteiger partial charge < -0.3 is 34.5 Å². The monoisotopic (exact) mass is 374 g/mol. The SMILES string of the molecule is O=P(O)(O)OP(=O)(OC1C[C@H](O)[C@@H](CO)O1)OP(=O)(O)O. The highest BCUT2D eigenvalue weighted by Gasteiger charge is 2.47. The lowest BCUT2D eigenvalue weighted by atomic mass is 10.2. The van der Waals surface area contributed by atoms with Crippen LogP contribution in [0.5, 0.6) is 0 Å². The molecule has 16 heteroatoms. The van der Waals surface area contributed by atoms with Crippen molar-refractivity contribution in [3.63, 3.8) is 0 Å². The molecule has 1 heterocycles. The first-order valence-corrected chi connectivity index (χ1v) is 9.62. The topological polar surface area (TPSA) is 210 Å². The van der Waals surface area contributed by atoms with E-state index in [0.717, 1.165) is 0 Å². The molecule has 3 atom stereocenters. The molecule has 1 aliphatic heterocycles. The minimum atomic E-state index is -5.49. The second kappa shape index (κ2) is 6.81. The van der Waals surface area contributed by atoms with Crippen LogP contribution in [0.3, 0.4) is 0 Å². The van der Waals surface area contributed by atoms with Crippen molar-refractivity contribution in [2.75, 3.05) is 6.61 Å². The van der Waals surface area contributed by atoms with E-state index in [1.807, 2.05) is 0 Å². The average Bonchev–Trinajstić information content (AvgIpc) is 2.51. The van der Waals surface area contributed by atoms with E-state index in [1.54, 1.807) is 0 Å². The number of aliphatic hydroxyl groups is 2. The van der Waals surface area contributed by atoms with Crippen LogP contribution in [-0.4, -0.2) is 54.9 Å². The summed E-state index contributed by atoms with van der Waals surface area (Å²) in [7, 11) is -16.4. The normalized spacial score (nSPS) is 28.0. The van der Waals surface area contributed by atoms with E-state index in [1.165, 1.54) is 0 Å². The molecule has 0 radical (unpaired) electrons. The van der Waals surface area contributed by atoms with Gasteiger partial charge >= 0.3 is 23.5 Å². The molecule has 13 nitrogen and oxygen atoms in total. The minimum absolute atomic E-state index is 0.412. The summed E-state index contributed by atoms with van der Waals surface area (Å²) in [6.45, 7) is -0.649. The Hall–Kier alpha value is 0.290. The van der Waals surface area contributed by atoms with Crippen molar-refractivity contribution in [3.05, 3.63) is 0 Å².